The fourth-order valence-corrected chi connectivity index (χ4v) is 10.1. The van der Waals surface area contributed by atoms with Gasteiger partial charge in [-0.3, -0.25) is 0 Å². The molecule has 3 aromatic heterocycles. The molecule has 0 atom stereocenters. The van der Waals surface area contributed by atoms with Gasteiger partial charge in [0.05, 0.1) is 5.58 Å². The maximum absolute atomic E-state index is 13.5. The van der Waals surface area contributed by atoms with Crippen molar-refractivity contribution in [1.29, 1.82) is 5.26 Å². The number of hydrogen-bond donors (Lipinski definition) is 0. The van der Waals surface area contributed by atoms with Gasteiger partial charge in [-0.05, 0) is 85.6 Å². The minimum absolute atomic E-state index is 0. The second-order valence-corrected chi connectivity index (χ2v) is 26.6. The average molecular weight is 981 g/mol. The predicted molar refractivity (Wildman–Crippen MR) is 227 cm³/mol. The van der Waals surface area contributed by atoms with Crippen LogP contribution in [-0.2, 0) is 26.5 Å². The van der Waals surface area contributed by atoms with E-state index in [1.165, 1.54) is 50.8 Å². The van der Waals surface area contributed by atoms with Crippen molar-refractivity contribution in [2.45, 2.75) is 83.4 Å². The molecule has 0 saturated heterocycles. The third kappa shape index (κ3) is 8.92. The maximum atomic E-state index is 13.5. The Morgan fingerprint density at radius 3 is 2.30 bits per heavy atom. The van der Waals surface area contributed by atoms with Gasteiger partial charge in [-0.1, -0.05) is 78.4 Å². The van der Waals surface area contributed by atoms with E-state index in [9.17, 15) is 4.39 Å². The first-order valence-electron chi connectivity index (χ1n) is 20.2. The summed E-state index contributed by atoms with van der Waals surface area (Å²) in [6.45, 7) is 8.63. The third-order valence-corrected chi connectivity index (χ3v) is 14.9. The second kappa shape index (κ2) is 17.4. The van der Waals surface area contributed by atoms with Crippen LogP contribution >= 0.6 is 0 Å². The molecule has 4 aromatic carbocycles. The van der Waals surface area contributed by atoms with Gasteiger partial charge in [0.25, 0.3) is 0 Å². The standard InChI is InChI=1S/C34H34NO.C15H14FGeN2.Ir/c1-21-15-22(2)32(23(3)16-21)27-17-24(4)33-29-12-8-11-28(34(29)36-31(33)20-27)30-19-26(13-14-35-30)18-25-9-6-5-7-10-25;1-17(2,3)13-6-7-15(19-10-13)11-4-5-12(9-18)14(16)8-11;/h8,12-17,19-20,25H,5-7,9-10,18H2,1-4H3;5-8,10H,1-3H3;/q2*-1;/i18D2;;. The Balaban J connectivity index is 0.000000240. The molecule has 4 nitrogen and oxygen atoms in total. The van der Waals surface area contributed by atoms with Crippen LogP contribution in [0.3, 0.4) is 0 Å². The molecular weight excluding hydrogens is 930 g/mol. The monoisotopic (exact) mass is 982 g/mol. The molecule has 1 saturated carbocycles. The summed E-state index contributed by atoms with van der Waals surface area (Å²) in [5, 5.41) is 10.8. The normalized spacial score (nSPS) is 14.0. The zero-order valence-electron chi connectivity index (χ0n) is 35.2. The molecule has 8 rings (SSSR count). The molecule has 3 heterocycles. The minimum Gasteiger partial charge on any atom is 0 e. The molecular formula is C49H48FGeIrN3O-2. The van der Waals surface area contributed by atoms with E-state index in [2.05, 4.69) is 103 Å². The van der Waals surface area contributed by atoms with Crippen LogP contribution in [0.4, 0.5) is 4.39 Å². The molecule has 1 fully saturated rings. The molecule has 7 heteroatoms. The van der Waals surface area contributed by atoms with E-state index in [4.69, 9.17) is 12.4 Å². The van der Waals surface area contributed by atoms with E-state index in [-0.39, 0.29) is 31.6 Å². The van der Waals surface area contributed by atoms with Crippen LogP contribution in [0.5, 0.6) is 0 Å². The molecule has 0 aliphatic heterocycles. The number of nitrogens with zero attached hydrogens (tertiary/aromatic N) is 3. The summed E-state index contributed by atoms with van der Waals surface area (Å²) < 4.78 is 39.3. The Bertz CT molecular complexity index is 2630. The van der Waals surface area contributed by atoms with Gasteiger partial charge in [-0.25, -0.2) is 0 Å². The van der Waals surface area contributed by atoms with Gasteiger partial charge in [0.1, 0.15) is 5.58 Å². The Morgan fingerprint density at radius 2 is 1.64 bits per heavy atom. The SMILES string of the molecule is [2H]C([2H])(c1ccnc(-c2[c-]ccc3c2oc2cc(-c4c(C)cc(C)cc4C)cc(C)c23)c1)C1CCCCC1.[CH3][Ge]([CH3])([CH3])[c]1ccc(-c2[c-]cc(C#N)c(F)c2)nc1.[Ir]. The summed E-state index contributed by atoms with van der Waals surface area (Å²) >= 11 is -1.86. The number of nitriles is 1. The smallest absolute Gasteiger partial charge is 0 e. The molecule has 0 amide bonds. The van der Waals surface area contributed by atoms with Crippen molar-refractivity contribution in [2.75, 3.05) is 0 Å². The number of rotatable bonds is 6. The summed E-state index contributed by atoms with van der Waals surface area (Å²) in [7, 11) is 0. The van der Waals surface area contributed by atoms with Crippen molar-refractivity contribution in [3.63, 3.8) is 0 Å². The van der Waals surface area contributed by atoms with E-state index in [1.54, 1.807) is 12.3 Å². The molecule has 0 unspecified atom stereocenters. The Hall–Kier alpha value is -4.41. The van der Waals surface area contributed by atoms with Gasteiger partial charge in [0.2, 0.25) is 0 Å². The van der Waals surface area contributed by atoms with E-state index >= 15 is 0 Å². The number of benzene rings is 4. The van der Waals surface area contributed by atoms with Gasteiger partial charge in [0.15, 0.2) is 0 Å². The largest absolute Gasteiger partial charge is 0 e. The number of aryl methyl sites for hydroxylation is 4. The number of fused-ring (bicyclic) bond motifs is 3. The van der Waals surface area contributed by atoms with Crippen molar-refractivity contribution in [3.05, 3.63) is 137 Å². The number of aromatic nitrogens is 2. The third-order valence-electron chi connectivity index (χ3n) is 10.6. The Kier molecular flexibility index (Phi) is 11.9. The van der Waals surface area contributed by atoms with Crippen LogP contribution in [0.2, 0.25) is 17.3 Å². The average Bonchev–Trinajstić information content (AvgIpc) is 3.57. The van der Waals surface area contributed by atoms with Gasteiger partial charge in [0, 0.05) is 34.4 Å². The van der Waals surface area contributed by atoms with Gasteiger partial charge < -0.3 is 9.40 Å². The second-order valence-electron chi connectivity index (χ2n) is 15.9. The number of pyridine rings is 2. The molecule has 0 bridgehead atoms. The van der Waals surface area contributed by atoms with Crippen molar-refractivity contribution in [1.82, 2.24) is 9.97 Å². The van der Waals surface area contributed by atoms with Crippen LogP contribution in [0.1, 0.15) is 68.2 Å². The zero-order chi connectivity index (χ0) is 40.6. The summed E-state index contributed by atoms with van der Waals surface area (Å²) in [5.41, 5.74) is 12.4. The van der Waals surface area contributed by atoms with Crippen molar-refractivity contribution < 1.29 is 31.7 Å². The van der Waals surface area contributed by atoms with E-state index in [0.717, 1.165) is 58.7 Å². The van der Waals surface area contributed by atoms with Crippen molar-refractivity contribution in [3.8, 4) is 39.7 Å². The molecule has 7 aromatic rings. The van der Waals surface area contributed by atoms with Crippen LogP contribution in [-0.4, -0.2) is 23.2 Å². The van der Waals surface area contributed by atoms with Gasteiger partial charge >= 0.3 is 115 Å². The summed E-state index contributed by atoms with van der Waals surface area (Å²) in [4.78, 5) is 9.03. The maximum Gasteiger partial charge on any atom is 0 e. The van der Waals surface area contributed by atoms with E-state index in [1.807, 2.05) is 30.5 Å². The Labute approximate surface area is 350 Å². The minimum atomic E-state index is -1.86. The predicted octanol–water partition coefficient (Wildman–Crippen LogP) is 12.6. The van der Waals surface area contributed by atoms with Crippen LogP contribution in [0.15, 0.2) is 89.6 Å². The quantitative estimate of drug-likeness (QED) is 0.123. The summed E-state index contributed by atoms with van der Waals surface area (Å²) in [6, 6.07) is 31.3. The fourth-order valence-electron chi connectivity index (χ4n) is 7.88. The zero-order valence-corrected chi connectivity index (χ0v) is 37.7. The molecule has 287 valence electrons. The number of furan rings is 1. The fraction of sp³-hybridized carbons (Fsp3) is 0.286. The molecule has 1 aliphatic carbocycles. The summed E-state index contributed by atoms with van der Waals surface area (Å²) in [6.07, 6.45) is 7.53. The molecule has 1 aliphatic rings. The number of hydrogen-bond acceptors (Lipinski definition) is 4. The molecule has 0 N–H and O–H groups in total. The van der Waals surface area contributed by atoms with Crippen molar-refractivity contribution in [2.24, 2.45) is 5.92 Å². The molecule has 0 spiro atoms. The summed E-state index contributed by atoms with van der Waals surface area (Å²) in [5.74, 6) is 6.40. The van der Waals surface area contributed by atoms with Crippen LogP contribution < -0.4 is 4.40 Å². The molecule has 56 heavy (non-hydrogen) atoms. The number of halogens is 1. The first-order chi connectivity index (χ1) is 27.1. The first-order valence-corrected chi connectivity index (χ1v) is 26.5. The Morgan fingerprint density at radius 1 is 0.893 bits per heavy atom. The van der Waals surface area contributed by atoms with Gasteiger partial charge in [-0.15, -0.1) is 18.2 Å². The van der Waals surface area contributed by atoms with Crippen LogP contribution in [0, 0.1) is 62.9 Å². The van der Waals surface area contributed by atoms with E-state index < -0.39 is 25.5 Å². The first kappa shape index (κ1) is 38.5. The van der Waals surface area contributed by atoms with Crippen LogP contribution in [0.25, 0.3) is 55.6 Å². The van der Waals surface area contributed by atoms with Crippen molar-refractivity contribution >= 4 is 39.6 Å². The molecule has 1 radical (unpaired) electrons. The van der Waals surface area contributed by atoms with Gasteiger partial charge in [-0.2, -0.15) is 0 Å². The topological polar surface area (TPSA) is 62.7 Å². The van der Waals surface area contributed by atoms with E-state index in [0.29, 0.717) is 22.5 Å².